The fraction of sp³-hybridized carbons (Fsp3) is 0.636. The lowest BCUT2D eigenvalue weighted by Gasteiger charge is -2.29. The van der Waals surface area contributed by atoms with E-state index in [0.717, 1.165) is 0 Å². The average molecular weight is 558 g/mol. The molecule has 23 heavy (non-hydrogen) atoms. The van der Waals surface area contributed by atoms with Crippen LogP contribution in [0.3, 0.4) is 0 Å². The maximum Gasteiger partial charge on any atom is 0.513 e. The molecule has 0 fully saturated rings. The Balaban J connectivity index is 5.15. The topological polar surface area (TPSA) is 156 Å². The molecule has 0 aliphatic carbocycles. The van der Waals surface area contributed by atoms with Crippen LogP contribution in [0.4, 0.5) is 9.59 Å². The molecule has 0 radical (unpaired) electrons. The average Bonchev–Trinajstić information content (AvgIpc) is 2.42. The second-order valence-corrected chi connectivity index (χ2v) is 6.30. The summed E-state index contributed by atoms with van der Waals surface area (Å²) in [5.74, 6) is -2.31. The molecule has 0 aromatic heterocycles. The lowest BCUT2D eigenvalue weighted by atomic mass is 10.1. The summed E-state index contributed by atoms with van der Waals surface area (Å²) in [5, 5.41) is 17.0. The van der Waals surface area contributed by atoms with Crippen molar-refractivity contribution >= 4 is 69.4 Å². The Morgan fingerprint density at radius 1 is 0.957 bits per heavy atom. The third-order valence-electron chi connectivity index (χ3n) is 2.61. The molecule has 4 N–H and O–H groups in total. The molecular formula is C11H16I2N2O8. The molecular weight excluding hydrogens is 542 g/mol. The van der Waals surface area contributed by atoms with E-state index in [1.807, 2.05) is 0 Å². The first-order valence-corrected chi connectivity index (χ1v) is 9.28. The van der Waals surface area contributed by atoms with Gasteiger partial charge in [-0.15, -0.1) is 0 Å². The molecule has 0 heterocycles. The number of carboxylic acid groups (broad SMARTS) is 2. The summed E-state index contributed by atoms with van der Waals surface area (Å²) in [6.07, 6.45) is -3.91. The highest BCUT2D eigenvalue weighted by molar-refractivity contribution is 14.1. The van der Waals surface area contributed by atoms with Gasteiger partial charge in [-0.2, -0.15) is 0 Å². The van der Waals surface area contributed by atoms with E-state index < -0.39 is 36.3 Å². The van der Waals surface area contributed by atoms with Crippen molar-refractivity contribution in [3.63, 3.8) is 0 Å². The molecule has 0 saturated heterocycles. The number of halogens is 2. The van der Waals surface area contributed by atoms with E-state index in [4.69, 9.17) is 15.9 Å². The highest BCUT2D eigenvalue weighted by Gasteiger charge is 2.33. The van der Waals surface area contributed by atoms with Crippen LogP contribution in [0.15, 0.2) is 0 Å². The fourth-order valence-electron chi connectivity index (χ4n) is 1.69. The molecule has 1 unspecified atom stereocenters. The summed E-state index contributed by atoms with van der Waals surface area (Å²) in [5.41, 5.74) is 5.54. The van der Waals surface area contributed by atoms with Crippen molar-refractivity contribution in [3.8, 4) is 0 Å². The molecule has 0 aromatic rings. The molecule has 0 amide bonds. The maximum absolute atomic E-state index is 12.0. The number of carbonyl (C=O) groups is 4. The van der Waals surface area contributed by atoms with E-state index >= 15 is 0 Å². The number of alkyl halides is 2. The van der Waals surface area contributed by atoms with Gasteiger partial charge in [0.2, 0.25) is 0 Å². The zero-order chi connectivity index (χ0) is 18.0. The van der Waals surface area contributed by atoms with Crippen LogP contribution in [0, 0.1) is 0 Å². The van der Waals surface area contributed by atoms with Crippen molar-refractivity contribution in [2.24, 2.45) is 5.73 Å². The van der Waals surface area contributed by atoms with Crippen molar-refractivity contribution in [1.29, 1.82) is 0 Å². The summed E-state index contributed by atoms with van der Waals surface area (Å²) in [7, 11) is 0. The number of ether oxygens (including phenoxy) is 2. The smallest absolute Gasteiger partial charge is 0.449 e. The van der Waals surface area contributed by atoms with Gasteiger partial charge in [0.25, 0.3) is 0 Å². The van der Waals surface area contributed by atoms with Crippen LogP contribution in [0.25, 0.3) is 0 Å². The molecule has 12 heteroatoms. The second kappa shape index (κ2) is 11.7. The third-order valence-corrected chi connectivity index (χ3v) is 3.58. The molecule has 2 atom stereocenters. The number of nitrogens with zero attached hydrogens (tertiary/aromatic N) is 1. The van der Waals surface area contributed by atoms with Crippen molar-refractivity contribution in [3.05, 3.63) is 0 Å². The molecule has 0 aliphatic heterocycles. The minimum Gasteiger partial charge on any atom is -0.449 e. The quantitative estimate of drug-likeness (QED) is 0.159. The predicted molar refractivity (Wildman–Crippen MR) is 94.0 cm³/mol. The van der Waals surface area contributed by atoms with E-state index in [9.17, 15) is 19.2 Å². The first-order chi connectivity index (χ1) is 10.7. The molecule has 132 valence electrons. The largest absolute Gasteiger partial charge is 0.513 e. The zero-order valence-electron chi connectivity index (χ0n) is 11.8. The number of esters is 2. The molecule has 0 aliphatic rings. The van der Waals surface area contributed by atoms with E-state index in [1.54, 1.807) is 4.90 Å². The van der Waals surface area contributed by atoms with E-state index in [1.165, 1.54) is 0 Å². The fourth-order valence-corrected chi connectivity index (χ4v) is 2.93. The van der Waals surface area contributed by atoms with Gasteiger partial charge in [0, 0.05) is 21.9 Å². The van der Waals surface area contributed by atoms with Crippen LogP contribution in [0.5, 0.6) is 0 Å². The number of hydrogen-bond donors (Lipinski definition) is 3. The van der Waals surface area contributed by atoms with Crippen molar-refractivity contribution in [1.82, 2.24) is 4.90 Å². The molecule has 0 rings (SSSR count). The summed E-state index contributed by atoms with van der Waals surface area (Å²) in [4.78, 5) is 45.9. The zero-order valence-corrected chi connectivity index (χ0v) is 16.1. The van der Waals surface area contributed by atoms with Gasteiger partial charge < -0.3 is 25.4 Å². The molecule has 0 spiro atoms. The number of hydrogen-bond acceptors (Lipinski definition) is 8. The van der Waals surface area contributed by atoms with Crippen molar-refractivity contribution < 1.29 is 38.9 Å². The van der Waals surface area contributed by atoms with E-state index in [-0.39, 0.29) is 6.42 Å². The van der Waals surface area contributed by atoms with Gasteiger partial charge in [0.1, 0.15) is 12.1 Å². The van der Waals surface area contributed by atoms with Gasteiger partial charge in [-0.1, -0.05) is 45.2 Å². The highest BCUT2D eigenvalue weighted by atomic mass is 127. The lowest BCUT2D eigenvalue weighted by Crippen LogP contribution is -2.49. The second-order valence-electron chi connectivity index (χ2n) is 4.15. The molecule has 0 bridgehead atoms. The van der Waals surface area contributed by atoms with Crippen molar-refractivity contribution in [2.45, 2.75) is 18.5 Å². The van der Waals surface area contributed by atoms with E-state index in [0.29, 0.717) is 21.9 Å². The van der Waals surface area contributed by atoms with Crippen molar-refractivity contribution in [2.75, 3.05) is 21.9 Å². The van der Waals surface area contributed by atoms with Gasteiger partial charge in [0.15, 0.2) is 0 Å². The molecule has 0 saturated carbocycles. The molecule has 10 nitrogen and oxygen atoms in total. The number of nitrogens with two attached hydrogens (primary N) is 1. The van der Waals surface area contributed by atoms with Crippen LogP contribution >= 0.6 is 45.2 Å². The highest BCUT2D eigenvalue weighted by Crippen LogP contribution is 2.12. The van der Waals surface area contributed by atoms with Gasteiger partial charge >= 0.3 is 24.2 Å². The minimum absolute atomic E-state index is 0.328. The normalized spacial score (nSPS) is 13.2. The minimum atomic E-state index is -1.81. The Labute approximate surface area is 158 Å². The maximum atomic E-state index is 12.0. The monoisotopic (exact) mass is 558 g/mol. The van der Waals surface area contributed by atoms with Gasteiger partial charge in [-0.25, -0.2) is 19.2 Å². The summed E-state index contributed by atoms with van der Waals surface area (Å²) in [6, 6.07) is -2.52. The standard InChI is InChI=1S/C11H16I2N2O8/c12-1-3-15(4-2-13)7(9(17)23-11(20)21)5-6(14)8(16)22-10(18)19/h6-7H,1-5,14H2,(H,18,19)(H,20,21)/t6-,7?/m0/s1. The Kier molecular flexibility index (Phi) is 11.4. The Hall–Kier alpha value is -0.740. The Bertz CT molecular complexity index is 442. The SMILES string of the molecule is N[C@@H](CC(C(=O)OC(=O)O)N(CCI)CCI)C(=O)OC(=O)O. The lowest BCUT2D eigenvalue weighted by molar-refractivity contribution is -0.146. The van der Waals surface area contributed by atoms with Crippen LogP contribution < -0.4 is 5.73 Å². The summed E-state index contributed by atoms with van der Waals surface area (Å²) in [6.45, 7) is 0.868. The number of carbonyl (C=O) groups excluding carboxylic acids is 2. The Morgan fingerprint density at radius 2 is 1.39 bits per heavy atom. The Morgan fingerprint density at radius 3 is 1.78 bits per heavy atom. The third kappa shape index (κ3) is 9.21. The van der Waals surface area contributed by atoms with Crippen LogP contribution in [0.2, 0.25) is 0 Å². The van der Waals surface area contributed by atoms with Gasteiger partial charge in [-0.3, -0.25) is 4.90 Å². The number of rotatable bonds is 9. The van der Waals surface area contributed by atoms with Gasteiger partial charge in [0.05, 0.1) is 0 Å². The molecule has 0 aromatic carbocycles. The van der Waals surface area contributed by atoms with Crippen LogP contribution in [0.1, 0.15) is 6.42 Å². The summed E-state index contributed by atoms with van der Waals surface area (Å²) < 4.78 is 9.37. The van der Waals surface area contributed by atoms with Crippen LogP contribution in [-0.4, -0.2) is 73.4 Å². The first-order valence-electron chi connectivity index (χ1n) is 6.23. The predicted octanol–water partition coefficient (Wildman–Crippen LogP) is 0.687. The van der Waals surface area contributed by atoms with Gasteiger partial charge in [-0.05, 0) is 6.42 Å². The van der Waals surface area contributed by atoms with E-state index in [2.05, 4.69) is 54.7 Å². The van der Waals surface area contributed by atoms with Crippen LogP contribution in [-0.2, 0) is 19.1 Å². The first kappa shape index (κ1) is 22.3. The summed E-state index contributed by atoms with van der Waals surface area (Å²) >= 11 is 4.15.